The molecule has 0 aromatic heterocycles. The Morgan fingerprint density at radius 1 is 1.57 bits per heavy atom. The maximum Gasteiger partial charge on any atom is 0.153 e. The Bertz CT molecular complexity index is 347. The lowest BCUT2D eigenvalue weighted by Crippen LogP contribution is -2.10. The summed E-state index contributed by atoms with van der Waals surface area (Å²) in [7, 11) is 1.25. The zero-order chi connectivity index (χ0) is 10.7. The van der Waals surface area contributed by atoms with Gasteiger partial charge in [0.15, 0.2) is 5.82 Å². The molecule has 0 spiro atoms. The first-order chi connectivity index (χ1) is 6.61. The van der Waals surface area contributed by atoms with Gasteiger partial charge >= 0.3 is 0 Å². The molecule has 0 saturated heterocycles. The van der Waals surface area contributed by atoms with Crippen LogP contribution in [0.2, 0.25) is 5.02 Å². The second-order valence-corrected chi connectivity index (χ2v) is 2.88. The Morgan fingerprint density at radius 3 is 2.71 bits per heavy atom. The van der Waals surface area contributed by atoms with E-state index in [1.807, 2.05) is 0 Å². The maximum atomic E-state index is 13.3. The zero-order valence-corrected chi connectivity index (χ0v) is 8.03. The average Bonchev–Trinajstić information content (AvgIpc) is 2.18. The van der Waals surface area contributed by atoms with Crippen LogP contribution in [0.15, 0.2) is 6.07 Å². The van der Waals surface area contributed by atoms with Gasteiger partial charge in [0, 0.05) is 11.6 Å². The largest absolute Gasteiger partial charge is 0.495 e. The van der Waals surface area contributed by atoms with E-state index in [2.05, 4.69) is 4.74 Å². The van der Waals surface area contributed by atoms with Crippen molar-refractivity contribution in [3.05, 3.63) is 28.3 Å². The highest BCUT2D eigenvalue weighted by molar-refractivity contribution is 6.32. The van der Waals surface area contributed by atoms with Gasteiger partial charge in [-0.05, 0) is 0 Å². The zero-order valence-electron chi connectivity index (χ0n) is 7.27. The molecule has 0 amide bonds. The second kappa shape index (κ2) is 4.54. The van der Waals surface area contributed by atoms with Crippen LogP contribution in [-0.4, -0.2) is 12.3 Å². The summed E-state index contributed by atoms with van der Waals surface area (Å²) >= 11 is 5.53. The molecule has 6 heteroatoms. The Hall–Kier alpha value is -0.910. The van der Waals surface area contributed by atoms with Gasteiger partial charge in [-0.15, -0.1) is 0 Å². The fraction of sp³-hybridized carbons (Fsp3) is 0.250. The lowest BCUT2D eigenvalue weighted by Gasteiger charge is -2.09. The van der Waals surface area contributed by atoms with Crippen molar-refractivity contribution in [1.82, 2.24) is 5.48 Å². The number of rotatable bonds is 3. The Labute approximate surface area is 84.2 Å². The summed E-state index contributed by atoms with van der Waals surface area (Å²) < 4.78 is 31.1. The van der Waals surface area contributed by atoms with Crippen LogP contribution in [0, 0.1) is 11.6 Å². The van der Waals surface area contributed by atoms with E-state index in [0.29, 0.717) is 0 Å². The molecule has 0 aliphatic heterocycles. The first-order valence-electron chi connectivity index (χ1n) is 3.69. The third kappa shape index (κ3) is 1.95. The van der Waals surface area contributed by atoms with Crippen molar-refractivity contribution in [1.29, 1.82) is 0 Å². The van der Waals surface area contributed by atoms with E-state index in [9.17, 15) is 8.78 Å². The van der Waals surface area contributed by atoms with E-state index >= 15 is 0 Å². The highest BCUT2D eigenvalue weighted by Gasteiger charge is 2.17. The van der Waals surface area contributed by atoms with Crippen LogP contribution in [0.25, 0.3) is 0 Å². The first kappa shape index (κ1) is 11.2. The average molecular weight is 224 g/mol. The molecule has 0 heterocycles. The van der Waals surface area contributed by atoms with E-state index in [4.69, 9.17) is 16.8 Å². The van der Waals surface area contributed by atoms with Crippen LogP contribution >= 0.6 is 11.6 Å². The molecule has 0 aliphatic carbocycles. The normalized spacial score (nSPS) is 10.4. The molecule has 78 valence electrons. The van der Waals surface area contributed by atoms with Crippen molar-refractivity contribution >= 4 is 11.6 Å². The number of ether oxygens (including phenoxy) is 1. The van der Waals surface area contributed by atoms with Gasteiger partial charge in [0.1, 0.15) is 16.6 Å². The van der Waals surface area contributed by atoms with Crippen molar-refractivity contribution in [3.63, 3.8) is 0 Å². The van der Waals surface area contributed by atoms with Gasteiger partial charge in [0.05, 0.1) is 13.7 Å². The van der Waals surface area contributed by atoms with Crippen LogP contribution in [0.1, 0.15) is 5.56 Å². The molecule has 0 bridgehead atoms. The van der Waals surface area contributed by atoms with Crippen molar-refractivity contribution in [3.8, 4) is 5.75 Å². The van der Waals surface area contributed by atoms with Crippen LogP contribution in [0.5, 0.6) is 5.75 Å². The summed E-state index contributed by atoms with van der Waals surface area (Å²) in [5.74, 6) is -1.85. The molecule has 1 aromatic carbocycles. The smallest absolute Gasteiger partial charge is 0.153 e. The van der Waals surface area contributed by atoms with Gasteiger partial charge in [0.2, 0.25) is 0 Å². The van der Waals surface area contributed by atoms with Gasteiger partial charge in [0.25, 0.3) is 0 Å². The lowest BCUT2D eigenvalue weighted by atomic mass is 10.2. The summed E-state index contributed by atoms with van der Waals surface area (Å²) in [4.78, 5) is 0. The summed E-state index contributed by atoms with van der Waals surface area (Å²) in [6.07, 6.45) is 0. The summed E-state index contributed by atoms with van der Waals surface area (Å²) in [6, 6.07) is 0.956. The van der Waals surface area contributed by atoms with Crippen LogP contribution in [0.3, 0.4) is 0 Å². The topological polar surface area (TPSA) is 41.5 Å². The third-order valence-electron chi connectivity index (χ3n) is 1.70. The number of hydrogen-bond donors (Lipinski definition) is 2. The van der Waals surface area contributed by atoms with E-state index in [1.165, 1.54) is 7.11 Å². The Morgan fingerprint density at radius 2 is 2.21 bits per heavy atom. The fourth-order valence-corrected chi connectivity index (χ4v) is 1.25. The molecule has 3 nitrogen and oxygen atoms in total. The molecule has 0 aliphatic rings. The third-order valence-corrected chi connectivity index (χ3v) is 2.05. The number of methoxy groups -OCH3 is 1. The summed E-state index contributed by atoms with van der Waals surface area (Å²) in [5, 5.41) is 8.02. The minimum atomic E-state index is -0.940. The highest BCUT2D eigenvalue weighted by Crippen LogP contribution is 2.31. The van der Waals surface area contributed by atoms with E-state index in [-0.39, 0.29) is 22.9 Å². The summed E-state index contributed by atoms with van der Waals surface area (Å²) in [5.41, 5.74) is 1.32. The number of hydroxylamine groups is 1. The van der Waals surface area contributed by atoms with E-state index in [0.717, 1.165) is 6.07 Å². The van der Waals surface area contributed by atoms with Crippen molar-refractivity contribution in [2.24, 2.45) is 0 Å². The molecule has 2 N–H and O–H groups in total. The molecule has 0 fully saturated rings. The molecular formula is C8H8ClF2NO2. The van der Waals surface area contributed by atoms with E-state index in [1.54, 1.807) is 5.48 Å². The molecular weight excluding hydrogens is 216 g/mol. The van der Waals surface area contributed by atoms with Crippen molar-refractivity contribution in [2.75, 3.05) is 7.11 Å². The van der Waals surface area contributed by atoms with Crippen molar-refractivity contribution in [2.45, 2.75) is 6.54 Å². The molecule has 0 unspecified atom stereocenters. The molecule has 0 radical (unpaired) electrons. The molecule has 14 heavy (non-hydrogen) atoms. The maximum absolute atomic E-state index is 13.3. The minimum absolute atomic E-state index is 0.0802. The molecule has 1 rings (SSSR count). The summed E-state index contributed by atoms with van der Waals surface area (Å²) in [6.45, 7) is -0.360. The first-order valence-corrected chi connectivity index (χ1v) is 4.07. The second-order valence-electron chi connectivity index (χ2n) is 2.50. The number of benzene rings is 1. The van der Waals surface area contributed by atoms with Gasteiger partial charge in [-0.1, -0.05) is 11.6 Å². The van der Waals surface area contributed by atoms with E-state index < -0.39 is 11.6 Å². The monoisotopic (exact) mass is 223 g/mol. The van der Waals surface area contributed by atoms with Crippen LogP contribution in [0.4, 0.5) is 8.78 Å². The number of hydrogen-bond acceptors (Lipinski definition) is 3. The highest BCUT2D eigenvalue weighted by atomic mass is 35.5. The van der Waals surface area contributed by atoms with Gasteiger partial charge in [-0.2, -0.15) is 0 Å². The lowest BCUT2D eigenvalue weighted by molar-refractivity contribution is 0.158. The molecule has 0 saturated carbocycles. The van der Waals surface area contributed by atoms with Crippen LogP contribution < -0.4 is 10.2 Å². The molecule has 0 atom stereocenters. The predicted molar refractivity (Wildman–Crippen MR) is 46.5 cm³/mol. The Balaban J connectivity index is 3.26. The van der Waals surface area contributed by atoms with Crippen molar-refractivity contribution < 1.29 is 18.7 Å². The standard InChI is InChI=1S/C8H8ClF2NO2/c1-14-6-2-5(10)4(3-12-13)8(11)7(6)9/h2,12-13H,3H2,1H3. The predicted octanol–water partition coefficient (Wildman–Crippen LogP) is 2.11. The quantitative estimate of drug-likeness (QED) is 0.609. The number of nitrogens with one attached hydrogen (secondary N) is 1. The molecule has 1 aromatic rings. The number of halogens is 3. The van der Waals surface area contributed by atoms with Gasteiger partial charge in [-0.25, -0.2) is 14.3 Å². The fourth-order valence-electron chi connectivity index (χ4n) is 1.00. The SMILES string of the molecule is COc1cc(F)c(CNO)c(F)c1Cl. The van der Waals surface area contributed by atoms with Gasteiger partial charge in [-0.3, -0.25) is 0 Å². The van der Waals surface area contributed by atoms with Gasteiger partial charge < -0.3 is 9.94 Å². The minimum Gasteiger partial charge on any atom is -0.495 e. The Kier molecular flexibility index (Phi) is 3.62. The van der Waals surface area contributed by atoms with Crippen LogP contribution in [-0.2, 0) is 6.54 Å².